The molecular formula is C15H29NO2. The molecule has 0 atom stereocenters. The molecule has 0 aliphatic heterocycles. The van der Waals surface area contributed by atoms with Crippen molar-refractivity contribution in [2.45, 2.75) is 77.2 Å². The smallest absolute Gasteiger partial charge is 0.326 e. The highest BCUT2D eigenvalue weighted by molar-refractivity contribution is 5.80. The van der Waals surface area contributed by atoms with E-state index in [2.05, 4.69) is 13.8 Å². The number of ether oxygens (including phenoxy) is 1. The van der Waals surface area contributed by atoms with Crippen LogP contribution in [-0.2, 0) is 9.53 Å². The number of hydrogen-bond donors (Lipinski definition) is 1. The van der Waals surface area contributed by atoms with Crippen molar-refractivity contribution in [1.29, 1.82) is 0 Å². The van der Waals surface area contributed by atoms with Crippen molar-refractivity contribution in [3.05, 3.63) is 0 Å². The molecule has 1 aliphatic rings. The van der Waals surface area contributed by atoms with Crippen LogP contribution in [0, 0.1) is 5.92 Å². The van der Waals surface area contributed by atoms with Crippen LogP contribution >= 0.6 is 0 Å². The van der Waals surface area contributed by atoms with Crippen LogP contribution in [-0.4, -0.2) is 18.1 Å². The molecule has 0 aromatic carbocycles. The van der Waals surface area contributed by atoms with Crippen LogP contribution in [0.5, 0.6) is 0 Å². The van der Waals surface area contributed by atoms with Crippen molar-refractivity contribution in [3.8, 4) is 0 Å². The maximum absolute atomic E-state index is 12.0. The molecule has 1 fully saturated rings. The molecule has 106 valence electrons. The molecule has 0 spiro atoms. The molecule has 0 heterocycles. The third kappa shape index (κ3) is 4.97. The van der Waals surface area contributed by atoms with Crippen LogP contribution in [0.1, 0.15) is 71.6 Å². The lowest BCUT2D eigenvalue weighted by atomic mass is 9.78. The molecule has 1 aliphatic carbocycles. The summed E-state index contributed by atoms with van der Waals surface area (Å²) in [5.74, 6) is 0.522. The van der Waals surface area contributed by atoms with E-state index in [1.165, 1.54) is 19.3 Å². The molecule has 0 bridgehead atoms. The summed E-state index contributed by atoms with van der Waals surface area (Å²) in [4.78, 5) is 12.0. The van der Waals surface area contributed by atoms with Crippen LogP contribution in [0.3, 0.4) is 0 Å². The average molecular weight is 255 g/mol. The SMILES string of the molecule is CCCCCCCOC(=O)C1(N)CCC(C)CC1. The second-order valence-electron chi connectivity index (χ2n) is 5.89. The lowest BCUT2D eigenvalue weighted by Crippen LogP contribution is -2.51. The van der Waals surface area contributed by atoms with Crippen LogP contribution in [0.25, 0.3) is 0 Å². The first kappa shape index (κ1) is 15.5. The minimum absolute atomic E-state index is 0.176. The van der Waals surface area contributed by atoms with Crippen molar-refractivity contribution < 1.29 is 9.53 Å². The number of esters is 1. The van der Waals surface area contributed by atoms with Crippen LogP contribution in [0.4, 0.5) is 0 Å². The third-order valence-electron chi connectivity index (χ3n) is 4.05. The normalized spacial score (nSPS) is 28.1. The third-order valence-corrected chi connectivity index (χ3v) is 4.05. The van der Waals surface area contributed by atoms with E-state index >= 15 is 0 Å². The standard InChI is InChI=1S/C15H29NO2/c1-3-4-5-6-7-12-18-14(17)15(16)10-8-13(2)9-11-15/h13H,3-12,16H2,1-2H3. The van der Waals surface area contributed by atoms with E-state index in [-0.39, 0.29) is 5.97 Å². The van der Waals surface area contributed by atoms with E-state index in [9.17, 15) is 4.79 Å². The number of rotatable bonds is 7. The van der Waals surface area contributed by atoms with Gasteiger partial charge in [-0.3, -0.25) is 4.79 Å². The van der Waals surface area contributed by atoms with E-state index in [0.717, 1.165) is 38.5 Å². The first-order chi connectivity index (χ1) is 8.58. The van der Waals surface area contributed by atoms with Gasteiger partial charge in [-0.1, -0.05) is 39.5 Å². The fourth-order valence-electron chi connectivity index (χ4n) is 2.50. The largest absolute Gasteiger partial charge is 0.464 e. The van der Waals surface area contributed by atoms with Gasteiger partial charge in [0.15, 0.2) is 0 Å². The second-order valence-corrected chi connectivity index (χ2v) is 5.89. The van der Waals surface area contributed by atoms with Gasteiger partial charge in [0.05, 0.1) is 6.61 Å². The lowest BCUT2D eigenvalue weighted by Gasteiger charge is -2.33. The van der Waals surface area contributed by atoms with Gasteiger partial charge in [0.1, 0.15) is 5.54 Å². The maximum atomic E-state index is 12.0. The number of carbonyl (C=O) groups excluding carboxylic acids is 1. The molecule has 0 amide bonds. The molecule has 0 aromatic heterocycles. The number of carbonyl (C=O) groups is 1. The molecule has 0 radical (unpaired) electrons. The van der Waals surface area contributed by atoms with Crippen LogP contribution in [0.2, 0.25) is 0 Å². The predicted octanol–water partition coefficient (Wildman–Crippen LogP) is 3.41. The van der Waals surface area contributed by atoms with E-state index in [0.29, 0.717) is 12.5 Å². The molecule has 1 rings (SSSR count). The van der Waals surface area contributed by atoms with Crippen molar-refractivity contribution in [2.24, 2.45) is 11.7 Å². The molecule has 1 saturated carbocycles. The zero-order valence-electron chi connectivity index (χ0n) is 12.0. The molecule has 0 saturated heterocycles. The second kappa shape index (κ2) is 7.78. The van der Waals surface area contributed by atoms with Crippen molar-refractivity contribution in [1.82, 2.24) is 0 Å². The summed E-state index contributed by atoms with van der Waals surface area (Å²) >= 11 is 0. The minimum Gasteiger partial charge on any atom is -0.464 e. The predicted molar refractivity (Wildman–Crippen MR) is 74.3 cm³/mol. The van der Waals surface area contributed by atoms with E-state index in [4.69, 9.17) is 10.5 Å². The Balaban J connectivity index is 2.16. The topological polar surface area (TPSA) is 52.3 Å². The summed E-state index contributed by atoms with van der Waals surface area (Å²) in [6.45, 7) is 4.96. The number of nitrogens with two attached hydrogens (primary N) is 1. The van der Waals surface area contributed by atoms with Gasteiger partial charge in [0.2, 0.25) is 0 Å². The van der Waals surface area contributed by atoms with Crippen molar-refractivity contribution in [3.63, 3.8) is 0 Å². The average Bonchev–Trinajstić information content (AvgIpc) is 2.37. The van der Waals surface area contributed by atoms with Gasteiger partial charge < -0.3 is 10.5 Å². The fourth-order valence-corrected chi connectivity index (χ4v) is 2.50. The van der Waals surface area contributed by atoms with Crippen LogP contribution < -0.4 is 5.73 Å². The Morgan fingerprint density at radius 1 is 1.22 bits per heavy atom. The molecular weight excluding hydrogens is 226 g/mol. The Morgan fingerprint density at radius 2 is 1.83 bits per heavy atom. The summed E-state index contributed by atoms with van der Waals surface area (Å²) in [5.41, 5.74) is 5.45. The van der Waals surface area contributed by atoms with Crippen molar-refractivity contribution in [2.75, 3.05) is 6.61 Å². The van der Waals surface area contributed by atoms with E-state index < -0.39 is 5.54 Å². The Kier molecular flexibility index (Phi) is 6.69. The zero-order valence-corrected chi connectivity index (χ0v) is 12.0. The fraction of sp³-hybridized carbons (Fsp3) is 0.933. The van der Waals surface area contributed by atoms with E-state index in [1.54, 1.807) is 0 Å². The van der Waals surface area contributed by atoms with Crippen LogP contribution in [0.15, 0.2) is 0 Å². The summed E-state index contributed by atoms with van der Waals surface area (Å²) in [5, 5.41) is 0. The first-order valence-electron chi connectivity index (χ1n) is 7.54. The number of hydrogen-bond acceptors (Lipinski definition) is 3. The Hall–Kier alpha value is -0.570. The van der Waals surface area contributed by atoms with E-state index in [1.807, 2.05) is 0 Å². The molecule has 3 nitrogen and oxygen atoms in total. The minimum atomic E-state index is -0.698. The first-order valence-corrected chi connectivity index (χ1v) is 7.54. The Bertz CT molecular complexity index is 245. The lowest BCUT2D eigenvalue weighted by molar-refractivity contribution is -0.152. The summed E-state index contributed by atoms with van der Waals surface area (Å²) < 4.78 is 5.34. The van der Waals surface area contributed by atoms with Gasteiger partial charge in [-0.25, -0.2) is 0 Å². The van der Waals surface area contributed by atoms with Gasteiger partial charge in [-0.05, 0) is 38.0 Å². The Labute approximate surface area is 111 Å². The summed E-state index contributed by atoms with van der Waals surface area (Å²) in [7, 11) is 0. The van der Waals surface area contributed by atoms with Crippen molar-refractivity contribution >= 4 is 5.97 Å². The molecule has 0 aromatic rings. The van der Waals surface area contributed by atoms with Gasteiger partial charge >= 0.3 is 5.97 Å². The highest BCUT2D eigenvalue weighted by atomic mass is 16.5. The highest BCUT2D eigenvalue weighted by Crippen LogP contribution is 2.30. The maximum Gasteiger partial charge on any atom is 0.326 e. The van der Waals surface area contributed by atoms with Gasteiger partial charge in [0.25, 0.3) is 0 Å². The van der Waals surface area contributed by atoms with Gasteiger partial charge in [0, 0.05) is 0 Å². The highest BCUT2D eigenvalue weighted by Gasteiger charge is 2.38. The quantitative estimate of drug-likeness (QED) is 0.560. The monoisotopic (exact) mass is 255 g/mol. The molecule has 2 N–H and O–H groups in total. The molecule has 0 unspecified atom stereocenters. The summed E-state index contributed by atoms with van der Waals surface area (Å²) in [6.07, 6.45) is 9.51. The van der Waals surface area contributed by atoms with Gasteiger partial charge in [-0.15, -0.1) is 0 Å². The zero-order chi connectivity index (χ0) is 13.4. The Morgan fingerprint density at radius 3 is 2.44 bits per heavy atom. The molecule has 3 heteroatoms. The number of unbranched alkanes of at least 4 members (excludes halogenated alkanes) is 4. The summed E-state index contributed by atoms with van der Waals surface area (Å²) in [6, 6.07) is 0. The molecule has 18 heavy (non-hydrogen) atoms. The van der Waals surface area contributed by atoms with Gasteiger partial charge in [-0.2, -0.15) is 0 Å².